The molecule has 6 heteroatoms. The van der Waals surface area contributed by atoms with Crippen LogP contribution in [0.4, 0.5) is 0 Å². The number of methoxy groups -OCH3 is 1. The number of ether oxygens (including phenoxy) is 1. The van der Waals surface area contributed by atoms with Gasteiger partial charge in [0.25, 0.3) is 0 Å². The summed E-state index contributed by atoms with van der Waals surface area (Å²) in [5.74, 6) is 6.81. The van der Waals surface area contributed by atoms with Crippen LogP contribution in [-0.4, -0.2) is 24.1 Å². The van der Waals surface area contributed by atoms with E-state index in [9.17, 15) is 0 Å². The SMILES string of the molecule is COCc1cc(C(=NC2CCCCCC2)NN)no1. The van der Waals surface area contributed by atoms with Crippen LogP contribution in [0.15, 0.2) is 15.6 Å². The van der Waals surface area contributed by atoms with Crippen LogP contribution in [0, 0.1) is 0 Å². The largest absolute Gasteiger partial charge is 0.377 e. The zero-order valence-electron chi connectivity index (χ0n) is 11.4. The smallest absolute Gasteiger partial charge is 0.165 e. The first kappa shape index (κ1) is 14.0. The maximum atomic E-state index is 5.55. The lowest BCUT2D eigenvalue weighted by atomic mass is 10.1. The maximum absolute atomic E-state index is 5.55. The Bertz CT molecular complexity index is 409. The fraction of sp³-hybridized carbons (Fsp3) is 0.692. The molecule has 1 saturated carbocycles. The van der Waals surface area contributed by atoms with Crippen molar-refractivity contribution < 1.29 is 9.26 Å². The number of aromatic nitrogens is 1. The Morgan fingerprint density at radius 3 is 2.84 bits per heavy atom. The second-order valence-electron chi connectivity index (χ2n) is 4.88. The van der Waals surface area contributed by atoms with Gasteiger partial charge in [-0.1, -0.05) is 30.8 Å². The van der Waals surface area contributed by atoms with E-state index in [2.05, 4.69) is 15.6 Å². The Kier molecular flexibility index (Phi) is 5.35. The second kappa shape index (κ2) is 7.25. The molecule has 0 amide bonds. The van der Waals surface area contributed by atoms with E-state index >= 15 is 0 Å². The standard InChI is InChI=1S/C13H22N4O2/c1-18-9-11-8-12(17-19-11)13(16-14)15-10-6-4-2-3-5-7-10/h8,10H,2-7,9,14H2,1H3,(H,15,16). The molecule has 0 spiro atoms. The van der Waals surface area contributed by atoms with Gasteiger partial charge in [0.05, 0.1) is 6.04 Å². The number of aliphatic imine (C=N–C) groups is 1. The van der Waals surface area contributed by atoms with Crippen LogP contribution in [0.3, 0.4) is 0 Å². The average Bonchev–Trinajstić information content (AvgIpc) is 2.73. The maximum Gasteiger partial charge on any atom is 0.165 e. The van der Waals surface area contributed by atoms with Crippen LogP contribution >= 0.6 is 0 Å². The first-order chi connectivity index (χ1) is 9.33. The van der Waals surface area contributed by atoms with Gasteiger partial charge >= 0.3 is 0 Å². The highest BCUT2D eigenvalue weighted by Gasteiger charge is 2.15. The number of nitrogens with one attached hydrogen (secondary N) is 1. The third kappa shape index (κ3) is 4.04. The molecule has 0 unspecified atom stereocenters. The first-order valence-electron chi connectivity index (χ1n) is 6.83. The van der Waals surface area contributed by atoms with Gasteiger partial charge in [0.15, 0.2) is 11.6 Å². The summed E-state index contributed by atoms with van der Waals surface area (Å²) in [5, 5.41) is 3.97. The molecule has 1 aromatic heterocycles. The summed E-state index contributed by atoms with van der Waals surface area (Å²) in [6.45, 7) is 0.397. The van der Waals surface area contributed by atoms with Crippen molar-refractivity contribution >= 4 is 5.84 Å². The predicted molar refractivity (Wildman–Crippen MR) is 72.6 cm³/mol. The molecule has 2 rings (SSSR count). The first-order valence-corrected chi connectivity index (χ1v) is 6.83. The molecular formula is C13H22N4O2. The molecule has 106 valence electrons. The zero-order valence-corrected chi connectivity index (χ0v) is 11.4. The van der Waals surface area contributed by atoms with Crippen molar-refractivity contribution in [3.8, 4) is 0 Å². The van der Waals surface area contributed by atoms with Crippen LogP contribution in [0.1, 0.15) is 50.0 Å². The molecule has 0 aromatic carbocycles. The van der Waals surface area contributed by atoms with Crippen LogP contribution in [0.5, 0.6) is 0 Å². The molecule has 0 aliphatic heterocycles. The van der Waals surface area contributed by atoms with E-state index < -0.39 is 0 Å². The molecule has 6 nitrogen and oxygen atoms in total. The van der Waals surface area contributed by atoms with E-state index in [1.54, 1.807) is 13.2 Å². The van der Waals surface area contributed by atoms with Crippen molar-refractivity contribution in [3.63, 3.8) is 0 Å². The fourth-order valence-corrected chi connectivity index (χ4v) is 2.38. The van der Waals surface area contributed by atoms with E-state index in [1.807, 2.05) is 0 Å². The Balaban J connectivity index is 2.08. The van der Waals surface area contributed by atoms with Crippen molar-refractivity contribution in [2.24, 2.45) is 10.8 Å². The topological polar surface area (TPSA) is 85.7 Å². The monoisotopic (exact) mass is 266 g/mol. The predicted octanol–water partition coefficient (Wildman–Crippen LogP) is 1.75. The van der Waals surface area contributed by atoms with Gasteiger partial charge in [-0.05, 0) is 12.8 Å². The highest BCUT2D eigenvalue weighted by molar-refractivity contribution is 5.96. The lowest BCUT2D eigenvalue weighted by Gasteiger charge is -2.10. The number of nitrogens with two attached hydrogens (primary N) is 1. The van der Waals surface area contributed by atoms with E-state index in [-0.39, 0.29) is 0 Å². The number of hydrogen-bond acceptors (Lipinski definition) is 5. The van der Waals surface area contributed by atoms with Gasteiger partial charge in [0.1, 0.15) is 12.3 Å². The fourth-order valence-electron chi connectivity index (χ4n) is 2.38. The number of rotatable bonds is 4. The Morgan fingerprint density at radius 2 is 2.21 bits per heavy atom. The number of hydrogen-bond donors (Lipinski definition) is 2. The molecular weight excluding hydrogens is 244 g/mol. The Morgan fingerprint density at radius 1 is 1.47 bits per heavy atom. The molecule has 0 bridgehead atoms. The number of amidine groups is 1. The highest BCUT2D eigenvalue weighted by Crippen LogP contribution is 2.20. The normalized spacial score (nSPS) is 18.3. The minimum Gasteiger partial charge on any atom is -0.377 e. The molecule has 19 heavy (non-hydrogen) atoms. The van der Waals surface area contributed by atoms with E-state index in [1.165, 1.54) is 25.7 Å². The van der Waals surface area contributed by atoms with Gasteiger partial charge in [-0.15, -0.1) is 0 Å². The van der Waals surface area contributed by atoms with Gasteiger partial charge in [-0.25, -0.2) is 5.84 Å². The molecule has 1 heterocycles. The second-order valence-corrected chi connectivity index (χ2v) is 4.88. The van der Waals surface area contributed by atoms with Crippen LogP contribution in [0.25, 0.3) is 0 Å². The minimum atomic E-state index is 0.330. The lowest BCUT2D eigenvalue weighted by molar-refractivity contribution is 0.156. The molecule has 3 N–H and O–H groups in total. The minimum absolute atomic E-state index is 0.330. The van der Waals surface area contributed by atoms with Gasteiger partial charge in [0.2, 0.25) is 0 Å². The van der Waals surface area contributed by atoms with Gasteiger partial charge in [0, 0.05) is 13.2 Å². The van der Waals surface area contributed by atoms with Gasteiger partial charge in [-0.3, -0.25) is 4.99 Å². The number of hydrazine groups is 1. The Labute approximate surface area is 113 Å². The van der Waals surface area contributed by atoms with Crippen LogP contribution in [0.2, 0.25) is 0 Å². The van der Waals surface area contributed by atoms with Crippen molar-refractivity contribution in [1.82, 2.24) is 10.6 Å². The Hall–Kier alpha value is -1.40. The molecule has 1 aromatic rings. The van der Waals surface area contributed by atoms with Gasteiger partial charge in [-0.2, -0.15) is 0 Å². The zero-order chi connectivity index (χ0) is 13.5. The molecule has 0 atom stereocenters. The molecule has 1 aliphatic rings. The van der Waals surface area contributed by atoms with Crippen LogP contribution < -0.4 is 11.3 Å². The van der Waals surface area contributed by atoms with E-state index in [4.69, 9.17) is 15.1 Å². The van der Waals surface area contributed by atoms with Gasteiger partial charge < -0.3 is 14.7 Å². The van der Waals surface area contributed by atoms with E-state index in [0.29, 0.717) is 29.9 Å². The summed E-state index contributed by atoms with van der Waals surface area (Å²) in [6.07, 6.45) is 7.32. The summed E-state index contributed by atoms with van der Waals surface area (Å²) in [7, 11) is 1.61. The summed E-state index contributed by atoms with van der Waals surface area (Å²) in [6, 6.07) is 2.13. The lowest BCUT2D eigenvalue weighted by Crippen LogP contribution is -2.32. The van der Waals surface area contributed by atoms with Crippen molar-refractivity contribution in [2.45, 2.75) is 51.2 Å². The third-order valence-electron chi connectivity index (χ3n) is 3.36. The summed E-state index contributed by atoms with van der Waals surface area (Å²) >= 11 is 0. The third-order valence-corrected chi connectivity index (χ3v) is 3.36. The van der Waals surface area contributed by atoms with Crippen molar-refractivity contribution in [3.05, 3.63) is 17.5 Å². The van der Waals surface area contributed by atoms with Crippen LogP contribution in [-0.2, 0) is 11.3 Å². The summed E-state index contributed by atoms with van der Waals surface area (Å²) < 4.78 is 10.1. The van der Waals surface area contributed by atoms with E-state index in [0.717, 1.165) is 12.8 Å². The average molecular weight is 266 g/mol. The summed E-state index contributed by atoms with van der Waals surface area (Å²) in [5.41, 5.74) is 3.27. The van der Waals surface area contributed by atoms with Crippen molar-refractivity contribution in [1.29, 1.82) is 0 Å². The number of nitrogens with zero attached hydrogens (tertiary/aromatic N) is 2. The quantitative estimate of drug-likeness (QED) is 0.285. The molecule has 0 radical (unpaired) electrons. The van der Waals surface area contributed by atoms with Crippen molar-refractivity contribution in [2.75, 3.05) is 7.11 Å². The molecule has 1 aliphatic carbocycles. The summed E-state index contributed by atoms with van der Waals surface area (Å²) in [4.78, 5) is 4.67. The molecule has 1 fully saturated rings. The molecule has 0 saturated heterocycles. The highest BCUT2D eigenvalue weighted by atomic mass is 16.5.